The Morgan fingerprint density at radius 2 is 1.74 bits per heavy atom. The van der Waals surface area contributed by atoms with Gasteiger partial charge in [-0.1, -0.05) is 42.5 Å². The van der Waals surface area contributed by atoms with E-state index in [1.54, 1.807) is 12.1 Å². The van der Waals surface area contributed by atoms with E-state index < -0.39 is 27.6 Å². The van der Waals surface area contributed by atoms with Crippen molar-refractivity contribution in [3.05, 3.63) is 95.8 Å². The monoisotopic (exact) mass is 541 g/mol. The van der Waals surface area contributed by atoms with Crippen molar-refractivity contribution in [3.63, 3.8) is 0 Å². The molecule has 1 unspecified atom stereocenters. The molecule has 0 aliphatic carbocycles. The number of halogens is 1. The molecule has 38 heavy (non-hydrogen) atoms. The van der Waals surface area contributed by atoms with Crippen LogP contribution in [0.1, 0.15) is 11.1 Å². The highest BCUT2D eigenvalue weighted by Crippen LogP contribution is 2.40. The van der Waals surface area contributed by atoms with Gasteiger partial charge in [0.15, 0.2) is 5.60 Å². The number of esters is 1. The summed E-state index contributed by atoms with van der Waals surface area (Å²) in [5, 5.41) is 0. The predicted octanol–water partition coefficient (Wildman–Crippen LogP) is 2.78. The minimum absolute atomic E-state index is 0.0820. The number of carbonyl (C=O) groups is 1. The molecule has 1 heterocycles. The smallest absolute Gasteiger partial charge is 0.323 e. The average Bonchev–Trinajstić information content (AvgIpc) is 2.87. The van der Waals surface area contributed by atoms with E-state index in [1.807, 2.05) is 49.3 Å². The molecule has 0 bridgehead atoms. The van der Waals surface area contributed by atoms with E-state index in [0.717, 1.165) is 5.56 Å². The van der Waals surface area contributed by atoms with Gasteiger partial charge in [0.05, 0.1) is 18.0 Å². The number of ether oxygens (including phenoxy) is 2. The Hall–Kier alpha value is -3.31. The number of nitrogens with two attached hydrogens (primary N) is 1. The normalized spacial score (nSPS) is 16.0. The highest BCUT2D eigenvalue weighted by Gasteiger charge is 2.52. The summed E-state index contributed by atoms with van der Waals surface area (Å²) in [6.45, 7) is 0.973. The highest BCUT2D eigenvalue weighted by molar-refractivity contribution is 7.89. The molecule has 0 aromatic heterocycles. The van der Waals surface area contributed by atoms with Gasteiger partial charge in [0.2, 0.25) is 10.0 Å². The molecule has 3 aromatic carbocycles. The summed E-state index contributed by atoms with van der Waals surface area (Å²) in [6.07, 6.45) is 0.145. The van der Waals surface area contributed by atoms with Crippen LogP contribution in [0, 0.1) is 5.82 Å². The van der Waals surface area contributed by atoms with Gasteiger partial charge in [0.25, 0.3) is 0 Å². The van der Waals surface area contributed by atoms with Crippen molar-refractivity contribution >= 4 is 16.0 Å². The van der Waals surface area contributed by atoms with E-state index in [1.165, 1.54) is 40.7 Å². The van der Waals surface area contributed by atoms with Gasteiger partial charge < -0.3 is 20.1 Å². The molecule has 1 saturated heterocycles. The molecule has 1 atom stereocenters. The fourth-order valence-electron chi connectivity index (χ4n) is 4.22. The van der Waals surface area contributed by atoms with Crippen molar-refractivity contribution in [3.8, 4) is 5.75 Å². The minimum Gasteiger partial charge on any atom is -0.480 e. The Bertz CT molecular complexity index is 1340. The van der Waals surface area contributed by atoms with Gasteiger partial charge in [0.1, 0.15) is 24.2 Å². The topological polar surface area (TPSA) is 102 Å². The predicted molar refractivity (Wildman–Crippen MR) is 142 cm³/mol. The Labute approximate surface area is 222 Å². The number of benzene rings is 3. The minimum atomic E-state index is -3.85. The SMILES string of the molecule is CN(C)CCOC(=O)C(N)Cc1cccc(S(=O)(=O)N2CC(Oc3ccc(F)cc3)(c3ccccc3)C2)c1. The summed E-state index contributed by atoms with van der Waals surface area (Å²) < 4.78 is 53.2. The van der Waals surface area contributed by atoms with E-state index in [9.17, 15) is 17.6 Å². The maximum Gasteiger partial charge on any atom is 0.323 e. The lowest BCUT2D eigenvalue weighted by atomic mass is 9.87. The third-order valence-electron chi connectivity index (χ3n) is 6.37. The Morgan fingerprint density at radius 3 is 2.39 bits per heavy atom. The quantitative estimate of drug-likeness (QED) is 0.373. The third-order valence-corrected chi connectivity index (χ3v) is 8.16. The van der Waals surface area contributed by atoms with Gasteiger partial charge in [-0.15, -0.1) is 0 Å². The van der Waals surface area contributed by atoms with Crippen molar-refractivity contribution < 1.29 is 27.1 Å². The second-order valence-corrected chi connectivity index (χ2v) is 11.6. The molecule has 202 valence electrons. The Kier molecular flexibility index (Phi) is 8.47. The van der Waals surface area contributed by atoms with E-state index >= 15 is 0 Å². The molecule has 0 saturated carbocycles. The highest BCUT2D eigenvalue weighted by atomic mass is 32.2. The molecule has 4 rings (SSSR count). The van der Waals surface area contributed by atoms with Crippen molar-refractivity contribution in [1.29, 1.82) is 0 Å². The van der Waals surface area contributed by atoms with E-state index in [2.05, 4.69) is 0 Å². The van der Waals surface area contributed by atoms with Crippen molar-refractivity contribution in [1.82, 2.24) is 9.21 Å². The number of likely N-dealkylation sites (N-methyl/N-ethyl adjacent to an activating group) is 1. The van der Waals surface area contributed by atoms with E-state index in [4.69, 9.17) is 15.2 Å². The van der Waals surface area contributed by atoms with Crippen LogP contribution in [0.3, 0.4) is 0 Å². The number of nitrogens with zero attached hydrogens (tertiary/aromatic N) is 2. The van der Waals surface area contributed by atoms with Crippen LogP contribution in [-0.4, -0.2) is 70.0 Å². The first-order valence-corrected chi connectivity index (χ1v) is 13.7. The molecule has 0 radical (unpaired) electrons. The summed E-state index contributed by atoms with van der Waals surface area (Å²) in [5.74, 6) is -0.473. The first kappa shape index (κ1) is 27.7. The van der Waals surface area contributed by atoms with Crippen LogP contribution in [0.15, 0.2) is 83.8 Å². The molecule has 10 heteroatoms. The van der Waals surface area contributed by atoms with Crippen LogP contribution in [0.4, 0.5) is 4.39 Å². The molecule has 3 aromatic rings. The van der Waals surface area contributed by atoms with Gasteiger partial charge >= 0.3 is 5.97 Å². The zero-order valence-corrected chi connectivity index (χ0v) is 22.2. The molecule has 0 spiro atoms. The van der Waals surface area contributed by atoms with E-state index in [-0.39, 0.29) is 36.8 Å². The van der Waals surface area contributed by atoms with Crippen LogP contribution in [-0.2, 0) is 31.6 Å². The zero-order valence-electron chi connectivity index (χ0n) is 21.4. The standard InChI is InChI=1S/C28H32FN3O5S/c1-31(2)15-16-36-27(33)26(30)18-21-7-6-10-25(17-21)38(34,35)32-19-28(20-32,22-8-4-3-5-9-22)37-24-13-11-23(29)12-14-24/h3-14,17,26H,15-16,18-20,30H2,1-2H3. The lowest BCUT2D eigenvalue weighted by Gasteiger charge is -2.48. The molecule has 1 fully saturated rings. The molecule has 0 amide bonds. The third kappa shape index (κ3) is 6.39. The Morgan fingerprint density at radius 1 is 1.05 bits per heavy atom. The first-order valence-electron chi connectivity index (χ1n) is 12.3. The summed E-state index contributed by atoms with van der Waals surface area (Å²) in [7, 11) is -0.108. The summed E-state index contributed by atoms with van der Waals surface area (Å²) in [5.41, 5.74) is 6.54. The summed E-state index contributed by atoms with van der Waals surface area (Å²) in [6, 6.07) is 20.5. The summed E-state index contributed by atoms with van der Waals surface area (Å²) in [4.78, 5) is 14.2. The van der Waals surface area contributed by atoms with Crippen molar-refractivity contribution in [2.24, 2.45) is 5.73 Å². The first-order chi connectivity index (χ1) is 18.1. The lowest BCUT2D eigenvalue weighted by molar-refractivity contribution is -0.145. The van der Waals surface area contributed by atoms with Gasteiger partial charge in [-0.25, -0.2) is 12.8 Å². The van der Waals surface area contributed by atoms with Crippen LogP contribution < -0.4 is 10.5 Å². The number of carbonyl (C=O) groups excluding carboxylic acids is 1. The van der Waals surface area contributed by atoms with Crippen LogP contribution >= 0.6 is 0 Å². The molecular weight excluding hydrogens is 509 g/mol. The van der Waals surface area contributed by atoms with Crippen molar-refractivity contribution in [2.45, 2.75) is 23.0 Å². The lowest BCUT2D eigenvalue weighted by Crippen LogP contribution is -2.64. The molecule has 8 nitrogen and oxygen atoms in total. The summed E-state index contributed by atoms with van der Waals surface area (Å²) >= 11 is 0. The second-order valence-electron chi connectivity index (χ2n) is 9.62. The van der Waals surface area contributed by atoms with E-state index in [0.29, 0.717) is 17.9 Å². The molecule has 2 N–H and O–H groups in total. The van der Waals surface area contributed by atoms with Crippen LogP contribution in [0.5, 0.6) is 5.75 Å². The zero-order chi connectivity index (χ0) is 27.3. The number of hydrogen-bond donors (Lipinski definition) is 1. The maximum absolute atomic E-state index is 13.5. The largest absolute Gasteiger partial charge is 0.480 e. The van der Waals surface area contributed by atoms with Gasteiger partial charge in [-0.3, -0.25) is 4.79 Å². The fraction of sp³-hybridized carbons (Fsp3) is 0.321. The Balaban J connectivity index is 1.47. The van der Waals surface area contributed by atoms with Gasteiger partial charge in [0, 0.05) is 6.54 Å². The van der Waals surface area contributed by atoms with Gasteiger partial charge in [-0.2, -0.15) is 4.31 Å². The number of rotatable bonds is 11. The average molecular weight is 542 g/mol. The maximum atomic E-state index is 13.5. The second kappa shape index (κ2) is 11.6. The molecular formula is C28H32FN3O5S. The van der Waals surface area contributed by atoms with Gasteiger partial charge in [-0.05, 0) is 68.0 Å². The van der Waals surface area contributed by atoms with Crippen LogP contribution in [0.2, 0.25) is 0 Å². The number of sulfonamides is 1. The van der Waals surface area contributed by atoms with Crippen LogP contribution in [0.25, 0.3) is 0 Å². The number of hydrogen-bond acceptors (Lipinski definition) is 7. The molecule has 1 aliphatic heterocycles. The van der Waals surface area contributed by atoms with Crippen molar-refractivity contribution in [2.75, 3.05) is 40.3 Å². The fourth-order valence-corrected chi connectivity index (χ4v) is 5.83. The molecule has 1 aliphatic rings.